The maximum absolute atomic E-state index is 5.85. The van der Waals surface area contributed by atoms with Gasteiger partial charge in [-0.2, -0.15) is 0 Å². The lowest BCUT2D eigenvalue weighted by Gasteiger charge is -2.36. The highest BCUT2D eigenvalue weighted by atomic mass is 16.5. The summed E-state index contributed by atoms with van der Waals surface area (Å²) < 4.78 is 5.85. The smallest absolute Gasteiger partial charge is 0.122 e. The van der Waals surface area contributed by atoms with Crippen molar-refractivity contribution in [2.45, 2.75) is 44.6 Å². The van der Waals surface area contributed by atoms with E-state index in [9.17, 15) is 0 Å². The second kappa shape index (κ2) is 6.37. The van der Waals surface area contributed by atoms with Gasteiger partial charge in [0.1, 0.15) is 5.75 Å². The summed E-state index contributed by atoms with van der Waals surface area (Å²) in [5.41, 5.74) is 1.70. The topological polar surface area (TPSA) is 24.5 Å². The SMILES string of the molecule is CCC1(CC)CN(CC2COc3ccccc32)CCCN1. The number of rotatable bonds is 4. The maximum Gasteiger partial charge on any atom is 0.122 e. The van der Waals surface area contributed by atoms with E-state index in [1.807, 2.05) is 0 Å². The van der Waals surface area contributed by atoms with E-state index < -0.39 is 0 Å². The van der Waals surface area contributed by atoms with E-state index in [0.29, 0.717) is 11.5 Å². The van der Waals surface area contributed by atoms with Gasteiger partial charge in [-0.1, -0.05) is 32.0 Å². The van der Waals surface area contributed by atoms with Crippen LogP contribution in [0, 0.1) is 0 Å². The van der Waals surface area contributed by atoms with Crippen molar-refractivity contribution >= 4 is 0 Å². The van der Waals surface area contributed by atoms with Gasteiger partial charge < -0.3 is 15.0 Å². The molecule has 0 aliphatic carbocycles. The van der Waals surface area contributed by atoms with Gasteiger partial charge >= 0.3 is 0 Å². The Bertz CT molecular complexity index is 470. The Hall–Kier alpha value is -1.06. The summed E-state index contributed by atoms with van der Waals surface area (Å²) in [6.07, 6.45) is 3.66. The minimum atomic E-state index is 0.301. The number of nitrogens with one attached hydrogen (secondary N) is 1. The average Bonchev–Trinajstić information content (AvgIpc) is 2.81. The Morgan fingerprint density at radius 2 is 2.10 bits per heavy atom. The largest absolute Gasteiger partial charge is 0.493 e. The Labute approximate surface area is 128 Å². The molecule has 1 fully saturated rings. The van der Waals surface area contributed by atoms with Crippen LogP contribution >= 0.6 is 0 Å². The number of benzene rings is 1. The molecule has 2 aliphatic heterocycles. The molecule has 1 N–H and O–H groups in total. The summed E-state index contributed by atoms with van der Waals surface area (Å²) in [5.74, 6) is 1.62. The Morgan fingerprint density at radius 1 is 1.29 bits per heavy atom. The van der Waals surface area contributed by atoms with Crippen LogP contribution in [-0.4, -0.2) is 43.2 Å². The molecule has 2 aliphatic rings. The molecule has 0 bridgehead atoms. The average molecular weight is 288 g/mol. The van der Waals surface area contributed by atoms with Gasteiger partial charge in [-0.25, -0.2) is 0 Å². The highest BCUT2D eigenvalue weighted by Gasteiger charge is 2.33. The van der Waals surface area contributed by atoms with Crippen LogP contribution in [0.5, 0.6) is 5.75 Å². The third-order valence-corrected chi connectivity index (χ3v) is 5.31. The van der Waals surface area contributed by atoms with Crippen LogP contribution in [0.4, 0.5) is 0 Å². The second-order valence-electron chi connectivity index (χ2n) is 6.55. The Morgan fingerprint density at radius 3 is 2.90 bits per heavy atom. The summed E-state index contributed by atoms with van der Waals surface area (Å²) in [6, 6.07) is 8.53. The molecule has 0 spiro atoms. The van der Waals surface area contributed by atoms with Gasteiger partial charge in [-0.15, -0.1) is 0 Å². The molecule has 1 aromatic carbocycles. The third kappa shape index (κ3) is 3.09. The van der Waals surface area contributed by atoms with Crippen LogP contribution in [0.3, 0.4) is 0 Å². The second-order valence-corrected chi connectivity index (χ2v) is 6.55. The third-order valence-electron chi connectivity index (χ3n) is 5.31. The molecular weight excluding hydrogens is 260 g/mol. The van der Waals surface area contributed by atoms with Crippen LogP contribution in [0.15, 0.2) is 24.3 Å². The molecule has 2 heterocycles. The number of para-hydroxylation sites is 1. The van der Waals surface area contributed by atoms with Crippen molar-refractivity contribution in [1.82, 2.24) is 10.2 Å². The number of fused-ring (bicyclic) bond motifs is 1. The normalized spacial score (nSPS) is 25.1. The molecule has 0 amide bonds. The molecule has 3 nitrogen and oxygen atoms in total. The van der Waals surface area contributed by atoms with E-state index in [4.69, 9.17) is 4.74 Å². The molecule has 3 rings (SSSR count). The highest BCUT2D eigenvalue weighted by Crippen LogP contribution is 2.34. The monoisotopic (exact) mass is 288 g/mol. The van der Waals surface area contributed by atoms with Crippen LogP contribution in [0.2, 0.25) is 0 Å². The zero-order chi connectivity index (χ0) is 14.7. The predicted molar refractivity (Wildman–Crippen MR) is 87.1 cm³/mol. The summed E-state index contributed by atoms with van der Waals surface area (Å²) in [5, 5.41) is 3.80. The molecular formula is C18H28N2O. The van der Waals surface area contributed by atoms with E-state index in [1.54, 1.807) is 0 Å². The summed E-state index contributed by atoms with van der Waals surface area (Å²) in [6.45, 7) is 10.1. The van der Waals surface area contributed by atoms with Crippen molar-refractivity contribution in [3.05, 3.63) is 29.8 Å². The highest BCUT2D eigenvalue weighted by molar-refractivity contribution is 5.39. The lowest BCUT2D eigenvalue weighted by Crippen LogP contribution is -2.51. The van der Waals surface area contributed by atoms with Gasteiger partial charge in [0.15, 0.2) is 0 Å². The molecule has 3 heteroatoms. The maximum atomic E-state index is 5.85. The summed E-state index contributed by atoms with van der Waals surface area (Å²) >= 11 is 0. The number of nitrogens with zero attached hydrogens (tertiary/aromatic N) is 1. The van der Waals surface area contributed by atoms with Crippen LogP contribution < -0.4 is 10.1 Å². The first-order valence-corrected chi connectivity index (χ1v) is 8.45. The zero-order valence-electron chi connectivity index (χ0n) is 13.4. The van der Waals surface area contributed by atoms with E-state index in [-0.39, 0.29) is 0 Å². The van der Waals surface area contributed by atoms with E-state index in [1.165, 1.54) is 37.9 Å². The molecule has 21 heavy (non-hydrogen) atoms. The molecule has 0 aromatic heterocycles. The first-order valence-electron chi connectivity index (χ1n) is 8.45. The molecule has 0 radical (unpaired) electrons. The number of hydrogen-bond donors (Lipinski definition) is 1. The van der Waals surface area contributed by atoms with Crippen molar-refractivity contribution in [2.75, 3.05) is 32.8 Å². The van der Waals surface area contributed by atoms with Crippen molar-refractivity contribution in [2.24, 2.45) is 0 Å². The molecule has 116 valence electrons. The Balaban J connectivity index is 1.70. The van der Waals surface area contributed by atoms with Gasteiger partial charge in [0.25, 0.3) is 0 Å². The lowest BCUT2D eigenvalue weighted by atomic mass is 9.91. The van der Waals surface area contributed by atoms with Crippen LogP contribution in [-0.2, 0) is 0 Å². The fourth-order valence-electron chi connectivity index (χ4n) is 3.79. The quantitative estimate of drug-likeness (QED) is 0.921. The van der Waals surface area contributed by atoms with Crippen LogP contribution in [0.25, 0.3) is 0 Å². The van der Waals surface area contributed by atoms with Gasteiger partial charge in [-0.3, -0.25) is 0 Å². The minimum Gasteiger partial charge on any atom is -0.493 e. The molecule has 1 unspecified atom stereocenters. The first-order chi connectivity index (χ1) is 10.3. The first kappa shape index (κ1) is 14.9. The van der Waals surface area contributed by atoms with E-state index in [0.717, 1.165) is 25.4 Å². The van der Waals surface area contributed by atoms with Gasteiger partial charge in [0, 0.05) is 30.1 Å². The van der Waals surface area contributed by atoms with Crippen molar-refractivity contribution in [3.8, 4) is 5.75 Å². The van der Waals surface area contributed by atoms with Crippen LogP contribution in [0.1, 0.15) is 44.6 Å². The number of ether oxygens (including phenoxy) is 1. The number of hydrogen-bond acceptors (Lipinski definition) is 3. The lowest BCUT2D eigenvalue weighted by molar-refractivity contribution is 0.180. The predicted octanol–water partition coefficient (Wildman–Crippen LogP) is 3.02. The molecule has 1 saturated heterocycles. The molecule has 1 atom stereocenters. The fraction of sp³-hybridized carbons (Fsp3) is 0.667. The van der Waals surface area contributed by atoms with Crippen molar-refractivity contribution in [3.63, 3.8) is 0 Å². The molecule has 0 saturated carbocycles. The minimum absolute atomic E-state index is 0.301. The van der Waals surface area contributed by atoms with Crippen molar-refractivity contribution in [1.29, 1.82) is 0 Å². The van der Waals surface area contributed by atoms with E-state index in [2.05, 4.69) is 48.3 Å². The van der Waals surface area contributed by atoms with E-state index >= 15 is 0 Å². The summed E-state index contributed by atoms with van der Waals surface area (Å²) in [4.78, 5) is 2.66. The molecule has 1 aromatic rings. The van der Waals surface area contributed by atoms with Gasteiger partial charge in [0.05, 0.1) is 6.61 Å². The zero-order valence-corrected chi connectivity index (χ0v) is 13.4. The van der Waals surface area contributed by atoms with Gasteiger partial charge in [-0.05, 0) is 38.4 Å². The fourth-order valence-corrected chi connectivity index (χ4v) is 3.79. The summed E-state index contributed by atoms with van der Waals surface area (Å²) in [7, 11) is 0. The van der Waals surface area contributed by atoms with Gasteiger partial charge in [0.2, 0.25) is 0 Å². The standard InChI is InChI=1S/C18H28N2O/c1-3-18(4-2)14-20(11-7-10-19-18)12-15-13-21-17-9-6-5-8-16(15)17/h5-6,8-9,15,19H,3-4,7,10-14H2,1-2H3. The Kier molecular flexibility index (Phi) is 4.51. The van der Waals surface area contributed by atoms with Crippen molar-refractivity contribution < 1.29 is 4.74 Å².